The van der Waals surface area contributed by atoms with E-state index in [0.29, 0.717) is 0 Å². The fourth-order valence-electron chi connectivity index (χ4n) is 4.45. The van der Waals surface area contributed by atoms with Crippen LogP contribution in [0.15, 0.2) is 12.2 Å². The first-order valence-corrected chi connectivity index (χ1v) is 9.50. The molecular formula is C20H36. The van der Waals surface area contributed by atoms with Gasteiger partial charge in [0.2, 0.25) is 0 Å². The van der Waals surface area contributed by atoms with E-state index in [2.05, 4.69) is 26.0 Å². The summed E-state index contributed by atoms with van der Waals surface area (Å²) in [5, 5.41) is 0. The third kappa shape index (κ3) is 5.26. The molecule has 1 fully saturated rings. The van der Waals surface area contributed by atoms with E-state index in [-0.39, 0.29) is 0 Å². The molecule has 2 atom stereocenters. The monoisotopic (exact) mass is 276 g/mol. The van der Waals surface area contributed by atoms with Crippen LogP contribution in [0.4, 0.5) is 0 Å². The van der Waals surface area contributed by atoms with Gasteiger partial charge in [-0.2, -0.15) is 0 Å². The second-order valence-corrected chi connectivity index (χ2v) is 7.52. The zero-order chi connectivity index (χ0) is 14.2. The van der Waals surface area contributed by atoms with Crippen molar-refractivity contribution in [3.05, 3.63) is 12.2 Å². The zero-order valence-corrected chi connectivity index (χ0v) is 13.9. The van der Waals surface area contributed by atoms with E-state index < -0.39 is 0 Å². The molecule has 0 saturated heterocycles. The van der Waals surface area contributed by atoms with Gasteiger partial charge in [0.15, 0.2) is 0 Å². The molecular weight excluding hydrogens is 240 g/mol. The van der Waals surface area contributed by atoms with Crippen LogP contribution in [-0.2, 0) is 0 Å². The van der Waals surface area contributed by atoms with Crippen molar-refractivity contribution in [3.63, 3.8) is 0 Å². The van der Waals surface area contributed by atoms with Crippen LogP contribution in [0.3, 0.4) is 0 Å². The molecule has 0 nitrogen and oxygen atoms in total. The molecule has 0 heteroatoms. The number of allylic oxidation sites excluding steroid dienone is 2. The van der Waals surface area contributed by atoms with Crippen LogP contribution in [0.25, 0.3) is 0 Å². The summed E-state index contributed by atoms with van der Waals surface area (Å²) in [5.41, 5.74) is 0. The average Bonchev–Trinajstić information content (AvgIpc) is 2.49. The Kier molecular flexibility index (Phi) is 7.17. The molecule has 0 aromatic heterocycles. The fraction of sp³-hybridized carbons (Fsp3) is 0.900. The molecule has 2 aliphatic rings. The summed E-state index contributed by atoms with van der Waals surface area (Å²) in [7, 11) is 0. The lowest BCUT2D eigenvalue weighted by molar-refractivity contribution is 0.240. The van der Waals surface area contributed by atoms with Gasteiger partial charge in [-0.1, -0.05) is 70.9 Å². The smallest absolute Gasteiger partial charge is 0.0233 e. The number of hydrogen-bond acceptors (Lipinski definition) is 0. The normalized spacial score (nSPS) is 34.3. The highest BCUT2D eigenvalue weighted by Crippen LogP contribution is 2.36. The van der Waals surface area contributed by atoms with Gasteiger partial charge >= 0.3 is 0 Å². The van der Waals surface area contributed by atoms with Crippen molar-refractivity contribution in [2.24, 2.45) is 23.7 Å². The van der Waals surface area contributed by atoms with Crippen molar-refractivity contribution >= 4 is 0 Å². The third-order valence-corrected chi connectivity index (χ3v) is 5.83. The average molecular weight is 277 g/mol. The molecule has 2 rings (SSSR count). The molecule has 0 aliphatic heterocycles. The fourth-order valence-corrected chi connectivity index (χ4v) is 4.45. The van der Waals surface area contributed by atoms with Crippen LogP contribution in [0.5, 0.6) is 0 Å². The van der Waals surface area contributed by atoms with Gasteiger partial charge in [-0.3, -0.25) is 0 Å². The van der Waals surface area contributed by atoms with Crippen LogP contribution in [0, 0.1) is 23.7 Å². The van der Waals surface area contributed by atoms with Crippen molar-refractivity contribution in [2.75, 3.05) is 0 Å². The van der Waals surface area contributed by atoms with E-state index in [1.54, 1.807) is 0 Å². The first kappa shape index (κ1) is 16.1. The van der Waals surface area contributed by atoms with Crippen LogP contribution in [-0.4, -0.2) is 0 Å². The molecule has 0 N–H and O–H groups in total. The van der Waals surface area contributed by atoms with Crippen LogP contribution in [0.1, 0.15) is 90.9 Å². The molecule has 0 radical (unpaired) electrons. The molecule has 0 amide bonds. The van der Waals surface area contributed by atoms with Gasteiger partial charge in [0.25, 0.3) is 0 Å². The summed E-state index contributed by atoms with van der Waals surface area (Å²) < 4.78 is 0. The minimum atomic E-state index is 0.903. The summed E-state index contributed by atoms with van der Waals surface area (Å²) in [4.78, 5) is 0. The summed E-state index contributed by atoms with van der Waals surface area (Å²) in [6.45, 7) is 4.65. The Bertz CT molecular complexity index is 270. The van der Waals surface area contributed by atoms with Crippen molar-refractivity contribution < 1.29 is 0 Å². The summed E-state index contributed by atoms with van der Waals surface area (Å²) >= 11 is 0. The van der Waals surface area contributed by atoms with Crippen molar-refractivity contribution in [1.29, 1.82) is 0 Å². The molecule has 116 valence electrons. The molecule has 2 unspecified atom stereocenters. The molecule has 2 aliphatic carbocycles. The summed E-state index contributed by atoms with van der Waals surface area (Å²) in [6.07, 6.45) is 22.7. The molecule has 0 spiro atoms. The van der Waals surface area contributed by atoms with Gasteiger partial charge < -0.3 is 0 Å². The topological polar surface area (TPSA) is 0 Å². The van der Waals surface area contributed by atoms with E-state index in [1.165, 1.54) is 77.0 Å². The van der Waals surface area contributed by atoms with Crippen molar-refractivity contribution in [2.45, 2.75) is 90.9 Å². The lowest BCUT2D eigenvalue weighted by Gasteiger charge is -2.30. The van der Waals surface area contributed by atoms with Gasteiger partial charge in [0.05, 0.1) is 0 Å². The molecule has 20 heavy (non-hydrogen) atoms. The SMILES string of the molecule is CCCC1C=CC(CCC2CCC(CCC)CC2)CC1. The maximum absolute atomic E-state index is 2.56. The van der Waals surface area contributed by atoms with E-state index in [4.69, 9.17) is 0 Å². The predicted octanol–water partition coefficient (Wildman–Crippen LogP) is 6.76. The first-order valence-electron chi connectivity index (χ1n) is 9.50. The summed E-state index contributed by atoms with van der Waals surface area (Å²) in [6, 6.07) is 0. The Morgan fingerprint density at radius 1 is 0.600 bits per heavy atom. The maximum Gasteiger partial charge on any atom is -0.0233 e. The standard InChI is InChI=1S/C20H36/c1-3-5-17-7-11-19(12-8-17)15-16-20-13-9-18(6-4-2)10-14-20/h7,11,17-20H,3-6,8-10,12-16H2,1-2H3. The second kappa shape index (κ2) is 8.90. The number of hydrogen-bond donors (Lipinski definition) is 0. The number of rotatable bonds is 7. The molecule has 0 aromatic rings. The van der Waals surface area contributed by atoms with Crippen LogP contribution in [0.2, 0.25) is 0 Å². The van der Waals surface area contributed by atoms with E-state index in [0.717, 1.165) is 23.7 Å². The summed E-state index contributed by atoms with van der Waals surface area (Å²) in [5.74, 6) is 3.95. The minimum absolute atomic E-state index is 0.903. The van der Waals surface area contributed by atoms with Crippen molar-refractivity contribution in [1.82, 2.24) is 0 Å². The lowest BCUT2D eigenvalue weighted by Crippen LogP contribution is -2.16. The Morgan fingerprint density at radius 3 is 1.60 bits per heavy atom. The predicted molar refractivity (Wildman–Crippen MR) is 89.9 cm³/mol. The van der Waals surface area contributed by atoms with Gasteiger partial charge in [-0.25, -0.2) is 0 Å². The largest absolute Gasteiger partial charge is 0.0851 e. The van der Waals surface area contributed by atoms with E-state index in [9.17, 15) is 0 Å². The second-order valence-electron chi connectivity index (χ2n) is 7.52. The van der Waals surface area contributed by atoms with Gasteiger partial charge in [0, 0.05) is 0 Å². The molecule has 1 saturated carbocycles. The van der Waals surface area contributed by atoms with Crippen LogP contribution < -0.4 is 0 Å². The van der Waals surface area contributed by atoms with Crippen LogP contribution >= 0.6 is 0 Å². The van der Waals surface area contributed by atoms with E-state index >= 15 is 0 Å². The Balaban J connectivity index is 1.61. The van der Waals surface area contributed by atoms with Gasteiger partial charge in [0.1, 0.15) is 0 Å². The van der Waals surface area contributed by atoms with E-state index in [1.807, 2.05) is 0 Å². The highest BCUT2D eigenvalue weighted by molar-refractivity contribution is 4.98. The lowest BCUT2D eigenvalue weighted by atomic mass is 9.76. The first-order chi connectivity index (χ1) is 9.81. The highest BCUT2D eigenvalue weighted by Gasteiger charge is 2.22. The Morgan fingerprint density at radius 2 is 1.10 bits per heavy atom. The zero-order valence-electron chi connectivity index (χ0n) is 13.9. The van der Waals surface area contributed by atoms with Crippen molar-refractivity contribution in [3.8, 4) is 0 Å². The molecule has 0 bridgehead atoms. The molecule has 0 heterocycles. The third-order valence-electron chi connectivity index (χ3n) is 5.83. The van der Waals surface area contributed by atoms with Gasteiger partial charge in [-0.15, -0.1) is 0 Å². The van der Waals surface area contributed by atoms with Gasteiger partial charge in [-0.05, 0) is 55.8 Å². The quantitative estimate of drug-likeness (QED) is 0.451. The molecule has 0 aromatic carbocycles. The minimum Gasteiger partial charge on any atom is -0.0851 e. The Hall–Kier alpha value is -0.260. The maximum atomic E-state index is 2.56. The Labute approximate surface area is 127 Å². The highest BCUT2D eigenvalue weighted by atomic mass is 14.3.